The molecule has 0 bridgehead atoms. The number of carbonyl (C=O) groups is 2. The normalized spacial score (nSPS) is 15.4. The summed E-state index contributed by atoms with van der Waals surface area (Å²) in [6.45, 7) is 2.43. The summed E-state index contributed by atoms with van der Waals surface area (Å²) in [5.41, 5.74) is 2.45. The van der Waals surface area contributed by atoms with E-state index in [4.69, 9.17) is 9.47 Å². The monoisotopic (exact) mass is 434 g/mol. The van der Waals surface area contributed by atoms with Crippen molar-refractivity contribution in [3.05, 3.63) is 89.2 Å². The molecule has 0 aromatic heterocycles. The van der Waals surface area contributed by atoms with Crippen LogP contribution >= 0.6 is 0 Å². The van der Waals surface area contributed by atoms with Gasteiger partial charge in [0.05, 0.1) is 7.11 Å². The maximum Gasteiger partial charge on any atom is 0.263 e. The molecule has 0 spiro atoms. The number of methoxy groups -OCH3 is 1. The molecule has 0 saturated heterocycles. The lowest BCUT2D eigenvalue weighted by Gasteiger charge is -2.22. The van der Waals surface area contributed by atoms with E-state index in [0.29, 0.717) is 24.5 Å². The zero-order valence-corrected chi connectivity index (χ0v) is 17.8. The molecule has 6 nitrogen and oxygen atoms in total. The van der Waals surface area contributed by atoms with Crippen LogP contribution in [0.4, 0.5) is 10.1 Å². The van der Waals surface area contributed by atoms with Crippen LogP contribution in [-0.2, 0) is 17.9 Å². The number of halogens is 1. The number of benzene rings is 3. The number of rotatable bonds is 5. The van der Waals surface area contributed by atoms with Crippen molar-refractivity contribution in [1.29, 1.82) is 0 Å². The zero-order valence-electron chi connectivity index (χ0n) is 17.8. The smallest absolute Gasteiger partial charge is 0.263 e. The van der Waals surface area contributed by atoms with Gasteiger partial charge < -0.3 is 19.7 Å². The van der Waals surface area contributed by atoms with Crippen LogP contribution in [0.5, 0.6) is 11.5 Å². The molecule has 32 heavy (non-hydrogen) atoms. The molecule has 7 heteroatoms. The fourth-order valence-corrected chi connectivity index (χ4v) is 3.64. The fourth-order valence-electron chi connectivity index (χ4n) is 3.64. The van der Waals surface area contributed by atoms with Gasteiger partial charge >= 0.3 is 0 Å². The average molecular weight is 434 g/mol. The summed E-state index contributed by atoms with van der Waals surface area (Å²) in [4.78, 5) is 27.1. The Bertz CT molecular complexity index is 1160. The highest BCUT2D eigenvalue weighted by Crippen LogP contribution is 2.30. The highest BCUT2D eigenvalue weighted by molar-refractivity contribution is 6.04. The number of fused-ring (bicyclic) bond motifs is 1. The second-order valence-corrected chi connectivity index (χ2v) is 7.59. The van der Waals surface area contributed by atoms with Crippen molar-refractivity contribution in [3.8, 4) is 11.5 Å². The number of nitrogens with zero attached hydrogens (tertiary/aromatic N) is 1. The Morgan fingerprint density at radius 1 is 1.16 bits per heavy atom. The Morgan fingerprint density at radius 2 is 1.97 bits per heavy atom. The molecule has 0 radical (unpaired) electrons. The van der Waals surface area contributed by atoms with Crippen molar-refractivity contribution in [3.63, 3.8) is 0 Å². The Morgan fingerprint density at radius 3 is 2.75 bits per heavy atom. The first kappa shape index (κ1) is 21.4. The Labute approximate surface area is 185 Å². The van der Waals surface area contributed by atoms with Crippen LogP contribution in [0.25, 0.3) is 0 Å². The zero-order chi connectivity index (χ0) is 22.7. The third kappa shape index (κ3) is 4.72. The largest absolute Gasteiger partial charge is 0.497 e. The van der Waals surface area contributed by atoms with Crippen LogP contribution < -0.4 is 14.8 Å². The molecule has 4 rings (SSSR count). The molecule has 3 aromatic carbocycles. The van der Waals surface area contributed by atoms with E-state index >= 15 is 0 Å². The Kier molecular flexibility index (Phi) is 6.07. The standard InChI is InChI=1S/C25H23FN2O4/c1-16-25(30)28(14-17-5-3-8-22(11-17)31-2)15-19-13-21(9-10-23(19)32-16)27-24(29)18-6-4-7-20(26)12-18/h3-13,16H,14-15H2,1-2H3,(H,27,29)/t16-/m1/s1. The van der Waals surface area contributed by atoms with Crippen molar-refractivity contribution in [2.75, 3.05) is 12.4 Å². The van der Waals surface area contributed by atoms with Gasteiger partial charge in [0, 0.05) is 29.9 Å². The first-order valence-corrected chi connectivity index (χ1v) is 10.2. The molecule has 2 amide bonds. The van der Waals surface area contributed by atoms with Crippen molar-refractivity contribution >= 4 is 17.5 Å². The van der Waals surface area contributed by atoms with E-state index in [1.165, 1.54) is 18.2 Å². The molecule has 0 unspecified atom stereocenters. The highest BCUT2D eigenvalue weighted by atomic mass is 19.1. The number of hydrogen-bond acceptors (Lipinski definition) is 4. The molecular formula is C25H23FN2O4. The van der Waals surface area contributed by atoms with Crippen LogP contribution in [0.1, 0.15) is 28.4 Å². The summed E-state index contributed by atoms with van der Waals surface area (Å²) in [5.74, 6) is 0.277. The molecule has 0 aliphatic carbocycles. The minimum atomic E-state index is -0.644. The van der Waals surface area contributed by atoms with E-state index in [9.17, 15) is 14.0 Å². The predicted octanol–water partition coefficient (Wildman–Crippen LogP) is 4.40. The number of carbonyl (C=O) groups excluding carboxylic acids is 2. The van der Waals surface area contributed by atoms with E-state index in [1.807, 2.05) is 24.3 Å². The summed E-state index contributed by atoms with van der Waals surface area (Å²) in [7, 11) is 1.60. The van der Waals surface area contributed by atoms with Crippen LogP contribution in [0.15, 0.2) is 66.7 Å². The van der Waals surface area contributed by atoms with Gasteiger partial charge in [0.1, 0.15) is 17.3 Å². The number of ether oxygens (including phenoxy) is 2. The van der Waals surface area contributed by atoms with E-state index in [0.717, 1.165) is 16.9 Å². The first-order chi connectivity index (χ1) is 15.4. The van der Waals surface area contributed by atoms with Crippen molar-refractivity contribution in [2.24, 2.45) is 0 Å². The molecule has 1 heterocycles. The second kappa shape index (κ2) is 9.09. The summed E-state index contributed by atoms with van der Waals surface area (Å²) in [5, 5.41) is 2.78. The number of hydrogen-bond donors (Lipinski definition) is 1. The lowest BCUT2D eigenvalue weighted by molar-refractivity contribution is -0.138. The van der Waals surface area contributed by atoms with Crippen molar-refractivity contribution in [2.45, 2.75) is 26.1 Å². The molecule has 0 fully saturated rings. The Balaban J connectivity index is 1.57. The number of amides is 2. The third-order valence-corrected chi connectivity index (χ3v) is 5.24. The van der Waals surface area contributed by atoms with Gasteiger partial charge in [-0.05, 0) is 61.0 Å². The first-order valence-electron chi connectivity index (χ1n) is 10.2. The van der Waals surface area contributed by atoms with E-state index < -0.39 is 17.8 Å². The van der Waals surface area contributed by atoms with Crippen LogP contribution in [0, 0.1) is 5.82 Å². The maximum atomic E-state index is 13.4. The van der Waals surface area contributed by atoms with Gasteiger partial charge in [0.2, 0.25) is 0 Å². The minimum Gasteiger partial charge on any atom is -0.497 e. The van der Waals surface area contributed by atoms with Crippen LogP contribution in [0.3, 0.4) is 0 Å². The summed E-state index contributed by atoms with van der Waals surface area (Å²) >= 11 is 0. The molecule has 1 atom stereocenters. The van der Waals surface area contributed by atoms with E-state index in [2.05, 4.69) is 5.32 Å². The number of nitrogens with one attached hydrogen (secondary N) is 1. The van der Waals surface area contributed by atoms with E-state index in [1.54, 1.807) is 43.2 Å². The minimum absolute atomic E-state index is 0.130. The topological polar surface area (TPSA) is 67.9 Å². The van der Waals surface area contributed by atoms with Gasteiger partial charge in [0.25, 0.3) is 11.8 Å². The van der Waals surface area contributed by atoms with Crippen molar-refractivity contribution < 1.29 is 23.5 Å². The van der Waals surface area contributed by atoms with Crippen LogP contribution in [-0.4, -0.2) is 29.9 Å². The van der Waals surface area contributed by atoms with E-state index in [-0.39, 0.29) is 11.5 Å². The predicted molar refractivity (Wildman–Crippen MR) is 118 cm³/mol. The average Bonchev–Trinajstić information content (AvgIpc) is 2.90. The maximum absolute atomic E-state index is 13.4. The summed E-state index contributed by atoms with van der Waals surface area (Å²) < 4.78 is 24.6. The lowest BCUT2D eigenvalue weighted by Crippen LogP contribution is -2.37. The van der Waals surface area contributed by atoms with Crippen molar-refractivity contribution in [1.82, 2.24) is 4.90 Å². The summed E-state index contributed by atoms with van der Waals surface area (Å²) in [6, 6.07) is 18.2. The lowest BCUT2D eigenvalue weighted by atomic mass is 10.1. The second-order valence-electron chi connectivity index (χ2n) is 7.59. The molecule has 0 saturated carbocycles. The molecule has 1 N–H and O–H groups in total. The van der Waals surface area contributed by atoms with Gasteiger partial charge in [-0.2, -0.15) is 0 Å². The Hall–Kier alpha value is -3.87. The summed E-state index contributed by atoms with van der Waals surface area (Å²) in [6.07, 6.45) is -0.644. The molecule has 3 aromatic rings. The SMILES string of the molecule is COc1cccc(CN2Cc3cc(NC(=O)c4cccc(F)c4)ccc3O[C@H](C)C2=O)c1. The van der Waals surface area contributed by atoms with Gasteiger partial charge in [-0.1, -0.05) is 18.2 Å². The molecule has 1 aliphatic heterocycles. The number of anilines is 1. The third-order valence-electron chi connectivity index (χ3n) is 5.24. The van der Waals surface area contributed by atoms with Gasteiger partial charge in [-0.15, -0.1) is 0 Å². The highest BCUT2D eigenvalue weighted by Gasteiger charge is 2.28. The van der Waals surface area contributed by atoms with Gasteiger partial charge in [-0.3, -0.25) is 9.59 Å². The molecule has 1 aliphatic rings. The molecular weight excluding hydrogens is 411 g/mol. The van der Waals surface area contributed by atoms with Gasteiger partial charge in [0.15, 0.2) is 6.10 Å². The van der Waals surface area contributed by atoms with Gasteiger partial charge in [-0.25, -0.2) is 4.39 Å². The molecule has 164 valence electrons. The van der Waals surface area contributed by atoms with Crippen LogP contribution in [0.2, 0.25) is 0 Å². The quantitative estimate of drug-likeness (QED) is 0.647. The fraction of sp³-hybridized carbons (Fsp3) is 0.200.